The van der Waals surface area contributed by atoms with E-state index in [-0.39, 0.29) is 6.61 Å². The van der Waals surface area contributed by atoms with Gasteiger partial charge in [0.25, 0.3) is 0 Å². The predicted octanol–water partition coefficient (Wildman–Crippen LogP) is 1.09. The molecule has 1 aliphatic heterocycles. The molecular weight excluding hydrogens is 383 g/mol. The zero-order chi connectivity index (χ0) is 15.3. The third-order valence-electron chi connectivity index (χ3n) is 2.34. The van der Waals surface area contributed by atoms with Crippen LogP contribution in [0.1, 0.15) is 20.8 Å². The number of ether oxygens (including phenoxy) is 4. The molecular formula is C12H15IO7. The number of carbonyl (C=O) groups is 3. The molecule has 0 N–H and O–H groups in total. The van der Waals surface area contributed by atoms with Gasteiger partial charge in [0.2, 0.25) is 0 Å². The van der Waals surface area contributed by atoms with Crippen molar-refractivity contribution in [2.45, 2.75) is 39.1 Å². The largest absolute Gasteiger partial charge is 0.489 e. The van der Waals surface area contributed by atoms with Crippen LogP contribution in [-0.4, -0.2) is 42.8 Å². The molecule has 0 bridgehead atoms. The second kappa shape index (κ2) is 7.46. The van der Waals surface area contributed by atoms with Crippen LogP contribution >= 0.6 is 22.6 Å². The van der Waals surface area contributed by atoms with E-state index in [1.54, 1.807) is 0 Å². The van der Waals surface area contributed by atoms with Gasteiger partial charge in [-0.1, -0.05) is 0 Å². The summed E-state index contributed by atoms with van der Waals surface area (Å²) in [4.78, 5) is 33.2. The first-order valence-corrected chi connectivity index (χ1v) is 6.88. The van der Waals surface area contributed by atoms with Gasteiger partial charge in [0.1, 0.15) is 6.61 Å². The summed E-state index contributed by atoms with van der Waals surface area (Å²) in [6, 6.07) is 0. The van der Waals surface area contributed by atoms with E-state index in [9.17, 15) is 14.4 Å². The van der Waals surface area contributed by atoms with Crippen LogP contribution in [0.4, 0.5) is 0 Å². The summed E-state index contributed by atoms with van der Waals surface area (Å²) in [6.45, 7) is 3.64. The van der Waals surface area contributed by atoms with Gasteiger partial charge >= 0.3 is 17.9 Å². The van der Waals surface area contributed by atoms with Gasteiger partial charge in [-0.25, -0.2) is 0 Å². The van der Waals surface area contributed by atoms with E-state index in [4.69, 9.17) is 18.9 Å². The SMILES string of the molecule is CC(=O)OC[C@H]1OC=C(I)[C@@H](OC(C)=O)[C@@H]1OC(C)=O. The van der Waals surface area contributed by atoms with Crippen LogP contribution < -0.4 is 0 Å². The van der Waals surface area contributed by atoms with Crippen molar-refractivity contribution in [1.82, 2.24) is 0 Å². The number of hydrogen-bond acceptors (Lipinski definition) is 7. The minimum absolute atomic E-state index is 0.106. The van der Waals surface area contributed by atoms with Gasteiger partial charge in [-0.15, -0.1) is 0 Å². The van der Waals surface area contributed by atoms with Crippen molar-refractivity contribution in [3.8, 4) is 0 Å². The number of hydrogen-bond donors (Lipinski definition) is 0. The Labute approximate surface area is 129 Å². The Bertz CT molecular complexity index is 432. The van der Waals surface area contributed by atoms with Crippen molar-refractivity contribution in [2.24, 2.45) is 0 Å². The van der Waals surface area contributed by atoms with E-state index < -0.39 is 36.2 Å². The van der Waals surface area contributed by atoms with E-state index in [0.29, 0.717) is 3.58 Å². The molecule has 112 valence electrons. The Kier molecular flexibility index (Phi) is 6.24. The summed E-state index contributed by atoms with van der Waals surface area (Å²) < 4.78 is 21.1. The minimum atomic E-state index is -0.868. The van der Waals surface area contributed by atoms with Crippen LogP contribution in [0, 0.1) is 0 Å². The van der Waals surface area contributed by atoms with E-state index in [0.717, 1.165) is 0 Å². The quantitative estimate of drug-likeness (QED) is 0.398. The number of esters is 3. The maximum Gasteiger partial charge on any atom is 0.303 e. The van der Waals surface area contributed by atoms with E-state index in [1.165, 1.54) is 27.0 Å². The maximum absolute atomic E-state index is 11.2. The van der Waals surface area contributed by atoms with Crippen LogP contribution in [0.25, 0.3) is 0 Å². The van der Waals surface area contributed by atoms with Gasteiger partial charge in [0.05, 0.1) is 9.84 Å². The fraction of sp³-hybridized carbons (Fsp3) is 0.583. The molecule has 1 heterocycles. The summed E-state index contributed by atoms with van der Waals surface area (Å²) in [5.41, 5.74) is 0. The molecule has 0 spiro atoms. The first-order valence-electron chi connectivity index (χ1n) is 5.80. The van der Waals surface area contributed by atoms with E-state index in [2.05, 4.69) is 0 Å². The molecule has 0 saturated heterocycles. The van der Waals surface area contributed by atoms with Gasteiger partial charge in [-0.2, -0.15) is 0 Å². The monoisotopic (exact) mass is 398 g/mol. The van der Waals surface area contributed by atoms with Crippen molar-refractivity contribution in [3.05, 3.63) is 9.84 Å². The molecule has 20 heavy (non-hydrogen) atoms. The molecule has 0 aromatic heterocycles. The Morgan fingerprint density at radius 3 is 2.25 bits per heavy atom. The average Bonchev–Trinajstić information content (AvgIpc) is 2.31. The van der Waals surface area contributed by atoms with Gasteiger partial charge in [-0.3, -0.25) is 14.4 Å². The molecule has 0 aromatic carbocycles. The Morgan fingerprint density at radius 2 is 1.75 bits per heavy atom. The van der Waals surface area contributed by atoms with E-state index in [1.807, 2.05) is 22.6 Å². The molecule has 0 aliphatic carbocycles. The number of halogens is 1. The van der Waals surface area contributed by atoms with Crippen molar-refractivity contribution in [3.63, 3.8) is 0 Å². The van der Waals surface area contributed by atoms with Crippen LogP contribution in [0.3, 0.4) is 0 Å². The summed E-state index contributed by atoms with van der Waals surface area (Å²) in [6.07, 6.45) is -0.980. The summed E-state index contributed by atoms with van der Waals surface area (Å²) >= 11 is 1.93. The summed E-state index contributed by atoms with van der Waals surface area (Å²) in [5.74, 6) is -1.54. The smallest absolute Gasteiger partial charge is 0.303 e. The fourth-order valence-electron chi connectivity index (χ4n) is 1.61. The lowest BCUT2D eigenvalue weighted by Crippen LogP contribution is -2.48. The number of rotatable bonds is 4. The zero-order valence-corrected chi connectivity index (χ0v) is 13.4. The van der Waals surface area contributed by atoms with Crippen molar-refractivity contribution < 1.29 is 33.3 Å². The third kappa shape index (κ3) is 4.99. The molecule has 0 radical (unpaired) electrons. The second-order valence-electron chi connectivity index (χ2n) is 4.08. The predicted molar refractivity (Wildman–Crippen MR) is 74.7 cm³/mol. The summed E-state index contributed by atoms with van der Waals surface area (Å²) in [5, 5.41) is 0. The second-order valence-corrected chi connectivity index (χ2v) is 5.33. The lowest BCUT2D eigenvalue weighted by molar-refractivity contribution is -0.179. The average molecular weight is 398 g/mol. The van der Waals surface area contributed by atoms with Crippen LogP contribution in [0.5, 0.6) is 0 Å². The van der Waals surface area contributed by atoms with Crippen molar-refractivity contribution in [1.29, 1.82) is 0 Å². The molecule has 1 aliphatic rings. The van der Waals surface area contributed by atoms with Gasteiger partial charge < -0.3 is 18.9 Å². The van der Waals surface area contributed by atoms with Gasteiger partial charge in [-0.05, 0) is 22.6 Å². The first kappa shape index (κ1) is 16.7. The van der Waals surface area contributed by atoms with Gasteiger partial charge in [0.15, 0.2) is 18.3 Å². The zero-order valence-electron chi connectivity index (χ0n) is 11.3. The van der Waals surface area contributed by atoms with Crippen LogP contribution in [-0.2, 0) is 33.3 Å². The highest BCUT2D eigenvalue weighted by atomic mass is 127. The highest BCUT2D eigenvalue weighted by Gasteiger charge is 2.41. The lowest BCUT2D eigenvalue weighted by atomic mass is 10.1. The summed E-state index contributed by atoms with van der Waals surface area (Å²) in [7, 11) is 0. The molecule has 3 atom stereocenters. The highest BCUT2D eigenvalue weighted by molar-refractivity contribution is 14.1. The third-order valence-corrected chi connectivity index (χ3v) is 3.21. The maximum atomic E-state index is 11.2. The Morgan fingerprint density at radius 1 is 1.15 bits per heavy atom. The topological polar surface area (TPSA) is 88.1 Å². The van der Waals surface area contributed by atoms with E-state index >= 15 is 0 Å². The van der Waals surface area contributed by atoms with Crippen LogP contribution in [0.15, 0.2) is 9.84 Å². The lowest BCUT2D eigenvalue weighted by Gasteiger charge is -2.34. The molecule has 0 saturated carbocycles. The standard InChI is InChI=1S/C12H15IO7/c1-6(14)17-5-10-12(20-8(3)16)11(19-7(2)15)9(13)4-18-10/h4,10-12H,5H2,1-3H3/t10-,11-,12-/m1/s1. The van der Waals surface area contributed by atoms with Crippen LogP contribution in [0.2, 0.25) is 0 Å². The van der Waals surface area contributed by atoms with Gasteiger partial charge in [0, 0.05) is 20.8 Å². The van der Waals surface area contributed by atoms with Crippen molar-refractivity contribution >= 4 is 40.5 Å². The number of carbonyl (C=O) groups excluding carboxylic acids is 3. The fourth-order valence-corrected chi connectivity index (χ4v) is 2.24. The highest BCUT2D eigenvalue weighted by Crippen LogP contribution is 2.29. The molecule has 1 rings (SSSR count). The molecule has 0 unspecified atom stereocenters. The Balaban J connectivity index is 2.90. The molecule has 8 heteroatoms. The molecule has 0 aromatic rings. The minimum Gasteiger partial charge on any atom is -0.489 e. The molecule has 0 fully saturated rings. The molecule has 0 amide bonds. The normalized spacial score (nSPS) is 25.0. The van der Waals surface area contributed by atoms with Crippen molar-refractivity contribution in [2.75, 3.05) is 6.61 Å². The molecule has 7 nitrogen and oxygen atoms in total. The Hall–Kier alpha value is -1.32. The first-order chi connectivity index (χ1) is 9.31.